The molecule has 0 aliphatic carbocycles. The van der Waals surface area contributed by atoms with E-state index in [2.05, 4.69) is 38.2 Å². The molecule has 0 aliphatic rings. The van der Waals surface area contributed by atoms with E-state index in [-0.39, 0.29) is 0 Å². The second-order valence-electron chi connectivity index (χ2n) is 2.86. The molecule has 15 heavy (non-hydrogen) atoms. The van der Waals surface area contributed by atoms with Gasteiger partial charge in [0, 0.05) is 5.38 Å². The van der Waals surface area contributed by atoms with E-state index in [1.54, 1.807) is 23.1 Å². The lowest BCUT2D eigenvalue weighted by molar-refractivity contribution is 1.02. The predicted octanol–water partition coefficient (Wildman–Crippen LogP) is 4.01. The summed E-state index contributed by atoms with van der Waals surface area (Å²) in [6, 6.07) is 5.89. The molecule has 2 nitrogen and oxygen atoms in total. The number of aryl methyl sites for hydroxylation is 1. The minimum absolute atomic E-state index is 0.861. The molecule has 0 aromatic carbocycles. The molecule has 0 radical (unpaired) electrons. The third-order valence-electron chi connectivity index (χ3n) is 1.77. The van der Waals surface area contributed by atoms with Crippen LogP contribution in [0, 0.1) is 0 Å². The van der Waals surface area contributed by atoms with Crippen LogP contribution in [-0.2, 0) is 6.42 Å². The predicted molar refractivity (Wildman–Crippen MR) is 67.6 cm³/mol. The molecular weight excluding hydrogens is 292 g/mol. The largest absolute Gasteiger partial charge is 0.234 e. The Morgan fingerprint density at radius 1 is 1.40 bits per heavy atom. The summed E-state index contributed by atoms with van der Waals surface area (Å²) in [5.41, 5.74) is 1.15. The molecule has 0 atom stereocenters. The average Bonchev–Trinajstić information content (AvgIpc) is 2.65. The van der Waals surface area contributed by atoms with E-state index in [1.807, 2.05) is 18.2 Å². The fourth-order valence-corrected chi connectivity index (χ4v) is 3.35. The monoisotopic (exact) mass is 300 g/mol. The summed E-state index contributed by atoms with van der Waals surface area (Å²) in [4.78, 5) is 8.83. The number of hydrogen-bond acceptors (Lipinski definition) is 4. The van der Waals surface area contributed by atoms with Crippen LogP contribution in [0.15, 0.2) is 37.5 Å². The van der Waals surface area contributed by atoms with Crippen LogP contribution in [0.25, 0.3) is 0 Å². The van der Waals surface area contributed by atoms with Gasteiger partial charge in [-0.3, -0.25) is 0 Å². The molecule has 0 saturated heterocycles. The summed E-state index contributed by atoms with van der Waals surface area (Å²) < 4.78 is 1.91. The van der Waals surface area contributed by atoms with Crippen molar-refractivity contribution in [3.8, 4) is 0 Å². The third kappa shape index (κ3) is 3.03. The van der Waals surface area contributed by atoms with Crippen LogP contribution in [0.3, 0.4) is 0 Å². The van der Waals surface area contributed by atoms with E-state index in [4.69, 9.17) is 0 Å². The van der Waals surface area contributed by atoms with Crippen molar-refractivity contribution >= 4 is 39.0 Å². The van der Waals surface area contributed by atoms with Crippen LogP contribution < -0.4 is 0 Å². The van der Waals surface area contributed by atoms with Gasteiger partial charge in [0.2, 0.25) is 0 Å². The lowest BCUT2D eigenvalue weighted by Gasteiger charge is -1.96. The lowest BCUT2D eigenvalue weighted by atomic mass is 10.4. The van der Waals surface area contributed by atoms with E-state index in [0.717, 1.165) is 26.1 Å². The minimum atomic E-state index is 0.861. The molecule has 0 saturated carbocycles. The number of pyridine rings is 1. The number of aromatic nitrogens is 2. The molecule has 0 N–H and O–H groups in total. The van der Waals surface area contributed by atoms with Crippen molar-refractivity contribution in [1.29, 1.82) is 0 Å². The van der Waals surface area contributed by atoms with Crippen molar-refractivity contribution in [2.75, 3.05) is 0 Å². The van der Waals surface area contributed by atoms with Gasteiger partial charge in [-0.1, -0.05) is 13.0 Å². The van der Waals surface area contributed by atoms with Gasteiger partial charge in [-0.2, -0.15) is 0 Å². The standard InChI is InChI=1S/C10H9BrN2S2/c1-2-7-6-14-10(12-7)15-9-5-3-4-8(11)13-9/h3-6H,2H2,1H3. The summed E-state index contributed by atoms with van der Waals surface area (Å²) in [7, 11) is 0. The first kappa shape index (κ1) is 11.1. The summed E-state index contributed by atoms with van der Waals surface area (Å²) in [5.74, 6) is 0. The van der Waals surface area contributed by atoms with Gasteiger partial charge < -0.3 is 0 Å². The minimum Gasteiger partial charge on any atom is -0.234 e. The van der Waals surface area contributed by atoms with Gasteiger partial charge in [0.1, 0.15) is 9.63 Å². The second kappa shape index (κ2) is 5.09. The second-order valence-corrected chi connectivity index (χ2v) is 5.80. The fraction of sp³-hybridized carbons (Fsp3) is 0.200. The molecule has 0 unspecified atom stereocenters. The van der Waals surface area contributed by atoms with E-state index >= 15 is 0 Å². The van der Waals surface area contributed by atoms with Crippen LogP contribution in [0.1, 0.15) is 12.6 Å². The maximum atomic E-state index is 4.48. The van der Waals surface area contributed by atoms with Crippen molar-refractivity contribution in [2.24, 2.45) is 0 Å². The third-order valence-corrected chi connectivity index (χ3v) is 4.14. The number of nitrogens with zero attached hydrogens (tertiary/aromatic N) is 2. The molecular formula is C10H9BrN2S2. The Hall–Kier alpha value is -0.390. The molecule has 2 rings (SSSR count). The maximum Gasteiger partial charge on any atom is 0.156 e. The van der Waals surface area contributed by atoms with E-state index in [0.29, 0.717) is 0 Å². The molecule has 0 fully saturated rings. The first-order chi connectivity index (χ1) is 7.28. The molecule has 2 aromatic heterocycles. The Morgan fingerprint density at radius 2 is 2.27 bits per heavy atom. The Labute approximate surface area is 105 Å². The van der Waals surface area contributed by atoms with E-state index in [9.17, 15) is 0 Å². The normalized spacial score (nSPS) is 10.5. The molecule has 2 aromatic rings. The summed E-state index contributed by atoms with van der Waals surface area (Å²) >= 11 is 6.63. The smallest absolute Gasteiger partial charge is 0.156 e. The van der Waals surface area contributed by atoms with Gasteiger partial charge >= 0.3 is 0 Å². The number of thiazole rings is 1. The highest BCUT2D eigenvalue weighted by atomic mass is 79.9. The van der Waals surface area contributed by atoms with Gasteiger partial charge in [0.15, 0.2) is 4.34 Å². The average molecular weight is 301 g/mol. The number of hydrogen-bond donors (Lipinski definition) is 0. The summed E-state index contributed by atoms with van der Waals surface area (Å²) in [6.07, 6.45) is 0.989. The molecule has 0 bridgehead atoms. The molecule has 0 aliphatic heterocycles. The van der Waals surface area contributed by atoms with Crippen LogP contribution in [0.2, 0.25) is 0 Å². The Morgan fingerprint density at radius 3 is 2.93 bits per heavy atom. The van der Waals surface area contributed by atoms with Crippen molar-refractivity contribution in [1.82, 2.24) is 9.97 Å². The van der Waals surface area contributed by atoms with Crippen LogP contribution in [0.5, 0.6) is 0 Å². The molecule has 78 valence electrons. The highest BCUT2D eigenvalue weighted by molar-refractivity contribution is 9.10. The van der Waals surface area contributed by atoms with Crippen LogP contribution in [0.4, 0.5) is 0 Å². The van der Waals surface area contributed by atoms with Gasteiger partial charge in [-0.25, -0.2) is 9.97 Å². The van der Waals surface area contributed by atoms with Crippen molar-refractivity contribution in [2.45, 2.75) is 22.7 Å². The zero-order valence-electron chi connectivity index (χ0n) is 8.11. The fourth-order valence-electron chi connectivity index (χ4n) is 1.03. The first-order valence-electron chi connectivity index (χ1n) is 4.52. The van der Waals surface area contributed by atoms with E-state index in [1.165, 1.54) is 0 Å². The SMILES string of the molecule is CCc1csc(Sc2cccc(Br)n2)n1. The van der Waals surface area contributed by atoms with Crippen molar-refractivity contribution < 1.29 is 0 Å². The van der Waals surface area contributed by atoms with Gasteiger partial charge in [-0.15, -0.1) is 11.3 Å². The molecule has 5 heteroatoms. The van der Waals surface area contributed by atoms with Gasteiger partial charge in [0.25, 0.3) is 0 Å². The zero-order chi connectivity index (χ0) is 10.7. The molecule has 0 amide bonds. The summed E-state index contributed by atoms with van der Waals surface area (Å²) in [5, 5.41) is 3.07. The van der Waals surface area contributed by atoms with Crippen LogP contribution >= 0.6 is 39.0 Å². The zero-order valence-corrected chi connectivity index (χ0v) is 11.3. The van der Waals surface area contributed by atoms with Crippen LogP contribution in [-0.4, -0.2) is 9.97 Å². The topological polar surface area (TPSA) is 25.8 Å². The maximum absolute atomic E-state index is 4.48. The summed E-state index contributed by atoms with van der Waals surface area (Å²) in [6.45, 7) is 2.11. The van der Waals surface area contributed by atoms with E-state index < -0.39 is 0 Å². The molecule has 2 heterocycles. The number of rotatable bonds is 3. The Balaban J connectivity index is 2.14. The van der Waals surface area contributed by atoms with Crippen molar-refractivity contribution in [3.05, 3.63) is 33.9 Å². The highest BCUT2D eigenvalue weighted by Gasteiger charge is 2.04. The Kier molecular flexibility index (Phi) is 3.77. The number of halogens is 1. The molecule has 0 spiro atoms. The highest BCUT2D eigenvalue weighted by Crippen LogP contribution is 2.29. The quantitative estimate of drug-likeness (QED) is 0.801. The Bertz CT molecular complexity index is 456. The van der Waals surface area contributed by atoms with Crippen molar-refractivity contribution in [3.63, 3.8) is 0 Å². The van der Waals surface area contributed by atoms with Gasteiger partial charge in [0.05, 0.1) is 5.69 Å². The van der Waals surface area contributed by atoms with Gasteiger partial charge in [-0.05, 0) is 46.2 Å². The lowest BCUT2D eigenvalue weighted by Crippen LogP contribution is -1.81. The first-order valence-corrected chi connectivity index (χ1v) is 7.01.